The third-order valence-electron chi connectivity index (χ3n) is 1.76. The lowest BCUT2D eigenvalue weighted by atomic mass is 10.1. The molecule has 0 aliphatic rings. The van der Waals surface area contributed by atoms with Gasteiger partial charge in [0.1, 0.15) is 6.07 Å². The molecule has 1 nitrogen and oxygen atoms in total. The zero-order valence-corrected chi connectivity index (χ0v) is 10.9. The molecule has 0 bridgehead atoms. The van der Waals surface area contributed by atoms with E-state index in [0.29, 0.717) is 3.57 Å². The Balaban J connectivity index is 3.42. The van der Waals surface area contributed by atoms with Crippen molar-refractivity contribution in [2.75, 3.05) is 0 Å². The Morgan fingerprint density at radius 3 is 2.40 bits per heavy atom. The van der Waals surface area contributed by atoms with E-state index >= 15 is 0 Å². The van der Waals surface area contributed by atoms with Crippen LogP contribution in [-0.4, -0.2) is 0 Å². The number of benzene rings is 1. The molecule has 0 aliphatic heterocycles. The molecule has 6 heteroatoms. The van der Waals surface area contributed by atoms with Gasteiger partial charge in [0.05, 0.1) is 11.1 Å². The zero-order valence-electron chi connectivity index (χ0n) is 7.20. The predicted molar refractivity (Wildman–Crippen MR) is 61.5 cm³/mol. The molecule has 0 amide bonds. The van der Waals surface area contributed by atoms with Crippen LogP contribution in [-0.2, 0) is 11.5 Å². The van der Waals surface area contributed by atoms with Crippen LogP contribution >= 0.6 is 38.5 Å². The van der Waals surface area contributed by atoms with Crippen molar-refractivity contribution in [2.24, 2.45) is 0 Å². The summed E-state index contributed by atoms with van der Waals surface area (Å²) >= 11 is 4.70. The van der Waals surface area contributed by atoms with Crippen LogP contribution in [0.2, 0.25) is 0 Å². The van der Waals surface area contributed by atoms with Crippen LogP contribution in [0.25, 0.3) is 0 Å². The molecule has 0 fully saturated rings. The van der Waals surface area contributed by atoms with Gasteiger partial charge in [-0.25, -0.2) is 0 Å². The molecule has 0 atom stereocenters. The lowest BCUT2D eigenvalue weighted by molar-refractivity contribution is -0.138. The fourth-order valence-electron chi connectivity index (χ4n) is 1.08. The van der Waals surface area contributed by atoms with Gasteiger partial charge >= 0.3 is 6.18 Å². The molecule has 1 aromatic rings. The highest BCUT2D eigenvalue weighted by atomic mass is 127. The number of hydrogen-bond donors (Lipinski definition) is 0. The van der Waals surface area contributed by atoms with E-state index in [2.05, 4.69) is 15.9 Å². The van der Waals surface area contributed by atoms with Gasteiger partial charge in [-0.1, -0.05) is 15.9 Å². The van der Waals surface area contributed by atoms with Crippen LogP contribution in [0.3, 0.4) is 0 Å². The molecule has 0 aromatic heterocycles. The van der Waals surface area contributed by atoms with E-state index in [1.807, 2.05) is 6.07 Å². The molecule has 0 N–H and O–H groups in total. The molecule has 0 unspecified atom stereocenters. The average molecular weight is 390 g/mol. The Bertz CT molecular complexity index is 423. The maximum absolute atomic E-state index is 12.5. The van der Waals surface area contributed by atoms with Gasteiger partial charge in [-0.2, -0.15) is 18.4 Å². The van der Waals surface area contributed by atoms with Crippen molar-refractivity contribution in [2.45, 2.75) is 11.5 Å². The van der Waals surface area contributed by atoms with Crippen molar-refractivity contribution in [3.8, 4) is 6.07 Å². The van der Waals surface area contributed by atoms with Crippen molar-refractivity contribution in [3.05, 3.63) is 32.4 Å². The molecule has 1 rings (SSSR count). The molecule has 1 aromatic carbocycles. The van der Waals surface area contributed by atoms with E-state index in [9.17, 15) is 13.2 Å². The van der Waals surface area contributed by atoms with Crippen LogP contribution in [0, 0.1) is 14.9 Å². The molecular weight excluding hydrogens is 386 g/mol. The third-order valence-corrected chi connectivity index (χ3v) is 3.26. The number of nitriles is 1. The smallest absolute Gasteiger partial charge is 0.192 e. The summed E-state index contributed by atoms with van der Waals surface area (Å²) in [5.41, 5.74) is -0.347. The molecular formula is C9H4BrF3IN. The SMILES string of the molecule is N#Cc1cc(CBr)c(C(F)(F)F)cc1I. The largest absolute Gasteiger partial charge is 0.416 e. The molecule has 0 radical (unpaired) electrons. The van der Waals surface area contributed by atoms with Gasteiger partial charge in [-0.3, -0.25) is 0 Å². The van der Waals surface area contributed by atoms with Crippen LogP contribution < -0.4 is 0 Å². The molecule has 0 heterocycles. The fourth-order valence-corrected chi connectivity index (χ4v) is 2.13. The third kappa shape index (κ3) is 2.84. The lowest BCUT2D eigenvalue weighted by Gasteiger charge is -2.12. The first-order valence-electron chi connectivity index (χ1n) is 3.76. The summed E-state index contributed by atoms with van der Waals surface area (Å²) in [7, 11) is 0. The van der Waals surface area contributed by atoms with E-state index in [4.69, 9.17) is 5.26 Å². The standard InChI is InChI=1S/C9H4BrF3IN/c10-3-5-1-6(4-15)8(14)2-7(5)9(11,12)13/h1-2H,3H2. The maximum atomic E-state index is 12.5. The van der Waals surface area contributed by atoms with Crippen LogP contribution in [0.1, 0.15) is 16.7 Å². The van der Waals surface area contributed by atoms with E-state index in [-0.39, 0.29) is 16.5 Å². The Kier molecular flexibility index (Phi) is 4.00. The highest BCUT2D eigenvalue weighted by Gasteiger charge is 2.33. The van der Waals surface area contributed by atoms with Crippen LogP contribution in [0.4, 0.5) is 13.2 Å². The lowest BCUT2D eigenvalue weighted by Crippen LogP contribution is -2.09. The molecule has 0 spiro atoms. The first-order valence-corrected chi connectivity index (χ1v) is 5.96. The highest BCUT2D eigenvalue weighted by molar-refractivity contribution is 14.1. The first kappa shape index (κ1) is 12.8. The number of rotatable bonds is 1. The van der Waals surface area contributed by atoms with Gasteiger partial charge < -0.3 is 0 Å². The first-order chi connectivity index (χ1) is 6.90. The minimum absolute atomic E-state index is 0.0768. The zero-order chi connectivity index (χ0) is 11.6. The average Bonchev–Trinajstić information content (AvgIpc) is 2.16. The summed E-state index contributed by atoms with van der Waals surface area (Å²) < 4.78 is 37.9. The Hall–Kier alpha value is -0.290. The van der Waals surface area contributed by atoms with Gasteiger partial charge in [-0.05, 0) is 40.3 Å². The van der Waals surface area contributed by atoms with E-state index in [1.54, 1.807) is 22.6 Å². The van der Waals surface area contributed by atoms with E-state index < -0.39 is 11.7 Å². The monoisotopic (exact) mass is 389 g/mol. The quantitative estimate of drug-likeness (QED) is 0.524. The van der Waals surface area contributed by atoms with Gasteiger partial charge in [-0.15, -0.1) is 0 Å². The Morgan fingerprint density at radius 2 is 2.00 bits per heavy atom. The second-order valence-electron chi connectivity index (χ2n) is 2.73. The highest BCUT2D eigenvalue weighted by Crippen LogP contribution is 2.34. The summed E-state index contributed by atoms with van der Waals surface area (Å²) in [5.74, 6) is 0. The van der Waals surface area contributed by atoms with E-state index in [1.165, 1.54) is 6.07 Å². The molecule has 15 heavy (non-hydrogen) atoms. The van der Waals surface area contributed by atoms with Crippen molar-refractivity contribution in [3.63, 3.8) is 0 Å². The normalized spacial score (nSPS) is 11.2. The number of hydrogen-bond acceptors (Lipinski definition) is 1. The van der Waals surface area contributed by atoms with Gasteiger partial charge in [0.2, 0.25) is 0 Å². The van der Waals surface area contributed by atoms with Crippen LogP contribution in [0.5, 0.6) is 0 Å². The minimum atomic E-state index is -4.38. The number of halogens is 5. The second-order valence-corrected chi connectivity index (χ2v) is 4.46. The summed E-state index contributed by atoms with van der Waals surface area (Å²) in [4.78, 5) is 0. The maximum Gasteiger partial charge on any atom is 0.416 e. The molecule has 0 saturated carbocycles. The van der Waals surface area contributed by atoms with Gasteiger partial charge in [0, 0.05) is 8.90 Å². The van der Waals surface area contributed by atoms with E-state index in [0.717, 1.165) is 6.07 Å². The molecule has 0 saturated heterocycles. The number of nitrogens with zero attached hydrogens (tertiary/aromatic N) is 1. The van der Waals surface area contributed by atoms with Gasteiger partial charge in [0.15, 0.2) is 0 Å². The Morgan fingerprint density at radius 1 is 1.40 bits per heavy atom. The van der Waals surface area contributed by atoms with Crippen molar-refractivity contribution in [1.29, 1.82) is 5.26 Å². The van der Waals surface area contributed by atoms with Crippen molar-refractivity contribution in [1.82, 2.24) is 0 Å². The predicted octanol–water partition coefficient (Wildman–Crippen LogP) is 4.08. The number of alkyl halides is 4. The summed E-state index contributed by atoms with van der Waals surface area (Å²) in [5, 5.41) is 8.76. The van der Waals surface area contributed by atoms with Crippen molar-refractivity contribution < 1.29 is 13.2 Å². The summed E-state index contributed by atoms with van der Waals surface area (Å²) in [6, 6.07) is 4.11. The summed E-state index contributed by atoms with van der Waals surface area (Å²) in [6.45, 7) is 0. The second kappa shape index (κ2) is 4.70. The summed E-state index contributed by atoms with van der Waals surface area (Å²) in [6.07, 6.45) is -4.38. The Labute approximate surface area is 107 Å². The molecule has 80 valence electrons. The molecule has 0 aliphatic carbocycles. The minimum Gasteiger partial charge on any atom is -0.192 e. The fraction of sp³-hybridized carbons (Fsp3) is 0.222. The van der Waals surface area contributed by atoms with Crippen LogP contribution in [0.15, 0.2) is 12.1 Å². The topological polar surface area (TPSA) is 23.8 Å². The van der Waals surface area contributed by atoms with Gasteiger partial charge in [0.25, 0.3) is 0 Å². The van der Waals surface area contributed by atoms with Crippen molar-refractivity contribution >= 4 is 38.5 Å².